The number of rotatable bonds is 2. The second-order valence-corrected chi connectivity index (χ2v) is 5.62. The first kappa shape index (κ1) is 14.1. The maximum absolute atomic E-state index is 12.9. The lowest BCUT2D eigenvalue weighted by atomic mass is 10.00. The van der Waals surface area contributed by atoms with E-state index in [0.717, 1.165) is 29.8 Å². The molecule has 2 heterocycles. The van der Waals surface area contributed by atoms with E-state index in [0.29, 0.717) is 16.7 Å². The Hall–Kier alpha value is -1.88. The maximum Gasteiger partial charge on any atom is 0.261 e. The first-order chi connectivity index (χ1) is 10.2. The van der Waals surface area contributed by atoms with E-state index in [1.165, 1.54) is 0 Å². The fourth-order valence-corrected chi connectivity index (χ4v) is 3.09. The average Bonchev–Trinajstić information content (AvgIpc) is 2.53. The minimum absolute atomic E-state index is 0.0552. The molecule has 0 saturated heterocycles. The minimum Gasteiger partial charge on any atom is -0.495 e. The lowest BCUT2D eigenvalue weighted by molar-refractivity contribution is 0.0983. The molecule has 1 aromatic carbocycles. The predicted octanol–water partition coefficient (Wildman–Crippen LogP) is 3.45. The van der Waals surface area contributed by atoms with Crippen LogP contribution < -0.4 is 9.64 Å². The van der Waals surface area contributed by atoms with Gasteiger partial charge in [-0.15, -0.1) is 0 Å². The molecule has 0 bridgehead atoms. The average molecular weight is 347 g/mol. The normalized spacial score (nSPS) is 13.7. The van der Waals surface area contributed by atoms with Gasteiger partial charge in [0.05, 0.1) is 18.4 Å². The Morgan fingerprint density at radius 1 is 1.33 bits per heavy atom. The van der Waals surface area contributed by atoms with Gasteiger partial charge in [0, 0.05) is 12.7 Å². The summed E-state index contributed by atoms with van der Waals surface area (Å²) in [5, 5.41) is 0. The van der Waals surface area contributed by atoms with E-state index in [9.17, 15) is 4.79 Å². The van der Waals surface area contributed by atoms with E-state index in [1.807, 2.05) is 12.1 Å². The number of benzene rings is 1. The summed E-state index contributed by atoms with van der Waals surface area (Å²) < 4.78 is 6.00. The number of pyridine rings is 1. The number of fused-ring (bicyclic) bond motifs is 1. The number of carbonyl (C=O) groups is 1. The van der Waals surface area contributed by atoms with Crippen molar-refractivity contribution in [3.05, 3.63) is 52.3 Å². The van der Waals surface area contributed by atoms with Crippen molar-refractivity contribution in [2.45, 2.75) is 12.8 Å². The van der Waals surface area contributed by atoms with Crippen LogP contribution in [0, 0.1) is 0 Å². The van der Waals surface area contributed by atoms with Crippen LogP contribution in [-0.2, 0) is 6.42 Å². The van der Waals surface area contributed by atoms with E-state index in [-0.39, 0.29) is 5.91 Å². The zero-order chi connectivity index (χ0) is 14.8. The van der Waals surface area contributed by atoms with Crippen molar-refractivity contribution in [2.24, 2.45) is 0 Å². The number of para-hydroxylation sites is 1. The van der Waals surface area contributed by atoms with Crippen molar-refractivity contribution in [1.82, 2.24) is 4.98 Å². The van der Waals surface area contributed by atoms with Crippen LogP contribution in [0.25, 0.3) is 0 Å². The van der Waals surface area contributed by atoms with Crippen molar-refractivity contribution in [2.75, 3.05) is 18.6 Å². The molecule has 21 heavy (non-hydrogen) atoms. The third-order valence-corrected chi connectivity index (χ3v) is 4.27. The molecular weight excluding hydrogens is 332 g/mol. The number of methoxy groups -OCH3 is 1. The highest BCUT2D eigenvalue weighted by Crippen LogP contribution is 2.37. The van der Waals surface area contributed by atoms with Gasteiger partial charge in [-0.1, -0.05) is 12.1 Å². The smallest absolute Gasteiger partial charge is 0.261 e. The van der Waals surface area contributed by atoms with Crippen molar-refractivity contribution < 1.29 is 9.53 Å². The molecule has 1 amide bonds. The molecule has 0 spiro atoms. The molecule has 1 aliphatic heterocycles. The number of amides is 1. The first-order valence-corrected chi connectivity index (χ1v) is 7.60. The highest BCUT2D eigenvalue weighted by molar-refractivity contribution is 9.10. The van der Waals surface area contributed by atoms with Gasteiger partial charge >= 0.3 is 0 Å². The van der Waals surface area contributed by atoms with Crippen LogP contribution in [0.1, 0.15) is 22.3 Å². The molecule has 0 unspecified atom stereocenters. The van der Waals surface area contributed by atoms with Crippen LogP contribution in [0.4, 0.5) is 5.69 Å². The molecule has 0 radical (unpaired) electrons. The lowest BCUT2D eigenvalue weighted by Gasteiger charge is -2.31. The number of carbonyl (C=O) groups excluding carboxylic acids is 1. The number of anilines is 1. The van der Waals surface area contributed by atoms with Gasteiger partial charge in [0.25, 0.3) is 5.91 Å². The zero-order valence-corrected chi connectivity index (χ0v) is 13.3. The van der Waals surface area contributed by atoms with Gasteiger partial charge in [-0.25, -0.2) is 4.98 Å². The molecule has 4 nitrogen and oxygen atoms in total. The molecule has 5 heteroatoms. The molecule has 0 N–H and O–H groups in total. The fourth-order valence-electron chi connectivity index (χ4n) is 2.67. The molecule has 0 aliphatic carbocycles. The topological polar surface area (TPSA) is 42.4 Å². The van der Waals surface area contributed by atoms with Crippen LogP contribution in [0.5, 0.6) is 5.75 Å². The SMILES string of the molecule is COc1cccc2c1N(C(=O)c1cccnc1Br)CCC2. The van der Waals surface area contributed by atoms with Crippen LogP contribution >= 0.6 is 15.9 Å². The summed E-state index contributed by atoms with van der Waals surface area (Å²) in [4.78, 5) is 18.8. The minimum atomic E-state index is -0.0552. The Morgan fingerprint density at radius 3 is 2.95 bits per heavy atom. The summed E-state index contributed by atoms with van der Waals surface area (Å²) in [5.41, 5.74) is 2.59. The molecule has 1 aliphatic rings. The van der Waals surface area contributed by atoms with Crippen LogP contribution in [0.2, 0.25) is 0 Å². The second kappa shape index (κ2) is 5.85. The number of aromatic nitrogens is 1. The lowest BCUT2D eigenvalue weighted by Crippen LogP contribution is -2.36. The van der Waals surface area contributed by atoms with Gasteiger partial charge in [-0.2, -0.15) is 0 Å². The summed E-state index contributed by atoms with van der Waals surface area (Å²) in [7, 11) is 1.63. The van der Waals surface area contributed by atoms with E-state index in [2.05, 4.69) is 27.0 Å². The van der Waals surface area contributed by atoms with Crippen molar-refractivity contribution in [1.29, 1.82) is 0 Å². The second-order valence-electron chi connectivity index (χ2n) is 4.87. The zero-order valence-electron chi connectivity index (χ0n) is 11.7. The first-order valence-electron chi connectivity index (χ1n) is 6.80. The highest BCUT2D eigenvalue weighted by atomic mass is 79.9. The van der Waals surface area contributed by atoms with Crippen LogP contribution in [0.3, 0.4) is 0 Å². The summed E-state index contributed by atoms with van der Waals surface area (Å²) in [6.45, 7) is 0.688. The van der Waals surface area contributed by atoms with Gasteiger partial charge < -0.3 is 9.64 Å². The number of aryl methyl sites for hydroxylation is 1. The van der Waals surface area contributed by atoms with E-state index < -0.39 is 0 Å². The third kappa shape index (κ3) is 2.53. The summed E-state index contributed by atoms with van der Waals surface area (Å²) in [6, 6.07) is 9.46. The van der Waals surface area contributed by atoms with Crippen LogP contribution in [-0.4, -0.2) is 24.5 Å². The Morgan fingerprint density at radius 2 is 2.19 bits per heavy atom. The maximum atomic E-state index is 12.9. The van der Waals surface area contributed by atoms with Gasteiger partial charge in [0.15, 0.2) is 0 Å². The largest absolute Gasteiger partial charge is 0.495 e. The Balaban J connectivity index is 2.06. The summed E-state index contributed by atoms with van der Waals surface area (Å²) in [5.74, 6) is 0.681. The standard InChI is InChI=1S/C16H15BrN2O2/c1-21-13-8-2-5-11-6-4-10-19(14(11)13)16(20)12-7-3-9-18-15(12)17/h2-3,5,7-9H,4,6,10H2,1H3. The predicted molar refractivity (Wildman–Crippen MR) is 84.9 cm³/mol. The molecule has 3 rings (SSSR count). The monoisotopic (exact) mass is 346 g/mol. The van der Waals surface area contributed by atoms with Gasteiger partial charge in [-0.05, 0) is 52.5 Å². The van der Waals surface area contributed by atoms with Crippen LogP contribution in [0.15, 0.2) is 41.1 Å². The summed E-state index contributed by atoms with van der Waals surface area (Å²) >= 11 is 3.35. The third-order valence-electron chi connectivity index (χ3n) is 3.63. The molecule has 2 aromatic rings. The molecule has 0 saturated carbocycles. The Kier molecular flexibility index (Phi) is 3.92. The number of ether oxygens (including phenoxy) is 1. The van der Waals surface area contributed by atoms with Gasteiger partial charge in [0.2, 0.25) is 0 Å². The van der Waals surface area contributed by atoms with E-state index in [1.54, 1.807) is 30.3 Å². The Bertz CT molecular complexity index is 673. The fraction of sp³-hybridized carbons (Fsp3) is 0.250. The number of halogens is 1. The van der Waals surface area contributed by atoms with Crippen molar-refractivity contribution in [3.63, 3.8) is 0 Å². The number of hydrogen-bond acceptors (Lipinski definition) is 3. The molecule has 0 atom stereocenters. The summed E-state index contributed by atoms with van der Waals surface area (Å²) in [6.07, 6.45) is 3.57. The van der Waals surface area contributed by atoms with Crippen molar-refractivity contribution >= 4 is 27.5 Å². The highest BCUT2D eigenvalue weighted by Gasteiger charge is 2.27. The van der Waals surface area contributed by atoms with Gasteiger partial charge in [0.1, 0.15) is 10.4 Å². The molecular formula is C16H15BrN2O2. The van der Waals surface area contributed by atoms with Gasteiger partial charge in [-0.3, -0.25) is 4.79 Å². The molecule has 108 valence electrons. The van der Waals surface area contributed by atoms with E-state index >= 15 is 0 Å². The van der Waals surface area contributed by atoms with E-state index in [4.69, 9.17) is 4.74 Å². The quantitative estimate of drug-likeness (QED) is 0.782. The molecule has 1 aromatic heterocycles. The Labute approximate surface area is 131 Å². The number of nitrogens with zero attached hydrogens (tertiary/aromatic N) is 2. The molecule has 0 fully saturated rings. The van der Waals surface area contributed by atoms with Crippen molar-refractivity contribution in [3.8, 4) is 5.75 Å². The number of hydrogen-bond donors (Lipinski definition) is 0.